The van der Waals surface area contributed by atoms with Crippen molar-refractivity contribution in [2.75, 3.05) is 26.0 Å². The molecule has 2 aliphatic rings. The van der Waals surface area contributed by atoms with E-state index in [1.807, 2.05) is 7.05 Å². The van der Waals surface area contributed by atoms with Gasteiger partial charge in [0.2, 0.25) is 0 Å². The van der Waals surface area contributed by atoms with Crippen molar-refractivity contribution in [3.8, 4) is 0 Å². The fraction of sp³-hybridized carbons (Fsp3) is 1.00. The van der Waals surface area contributed by atoms with Crippen LogP contribution in [0, 0.1) is 5.92 Å². The third-order valence-electron chi connectivity index (χ3n) is 4.46. The first-order valence-electron chi connectivity index (χ1n) is 7.42. The topological polar surface area (TPSA) is 47.6 Å². The molecule has 1 aliphatic heterocycles. The lowest BCUT2D eigenvalue weighted by molar-refractivity contribution is -0.178. The second kappa shape index (κ2) is 6.66. The predicted molar refractivity (Wildman–Crippen MR) is 77.6 cm³/mol. The highest BCUT2D eigenvalue weighted by Crippen LogP contribution is 2.38. The molecule has 5 heteroatoms. The first kappa shape index (κ1) is 15.4. The molecule has 4 atom stereocenters. The van der Waals surface area contributed by atoms with Gasteiger partial charge in [0, 0.05) is 35.4 Å². The smallest absolute Gasteiger partial charge is 0.169 e. The maximum atomic E-state index is 12.6. The second-order valence-electron chi connectivity index (χ2n) is 5.84. The van der Waals surface area contributed by atoms with Crippen molar-refractivity contribution < 1.29 is 13.7 Å². The number of hydrogen-bond donors (Lipinski definition) is 1. The Labute approximate surface area is 119 Å². The van der Waals surface area contributed by atoms with Crippen molar-refractivity contribution in [2.45, 2.75) is 56.6 Å². The summed E-state index contributed by atoms with van der Waals surface area (Å²) in [4.78, 5) is 0. The molecule has 1 saturated heterocycles. The zero-order chi connectivity index (χ0) is 13.9. The first-order chi connectivity index (χ1) is 9.10. The summed E-state index contributed by atoms with van der Waals surface area (Å²) in [5.41, 5.74) is 0. The Morgan fingerprint density at radius 1 is 1.42 bits per heavy atom. The molecule has 1 spiro atoms. The summed E-state index contributed by atoms with van der Waals surface area (Å²) >= 11 is 0. The van der Waals surface area contributed by atoms with Crippen LogP contribution in [-0.2, 0) is 20.3 Å². The molecule has 1 aliphatic carbocycles. The highest BCUT2D eigenvalue weighted by atomic mass is 32.2. The fourth-order valence-electron chi connectivity index (χ4n) is 3.00. The van der Waals surface area contributed by atoms with Gasteiger partial charge in [0.1, 0.15) is 0 Å². The second-order valence-corrected chi connectivity index (χ2v) is 7.55. The Bertz CT molecular complexity index is 318. The van der Waals surface area contributed by atoms with Crippen LogP contribution in [-0.4, -0.2) is 47.3 Å². The number of hydrogen-bond acceptors (Lipinski definition) is 4. The Kier molecular flexibility index (Phi) is 5.40. The van der Waals surface area contributed by atoms with Crippen LogP contribution in [0.25, 0.3) is 0 Å². The quantitative estimate of drug-likeness (QED) is 0.836. The van der Waals surface area contributed by atoms with Crippen LogP contribution in [0.15, 0.2) is 0 Å². The Morgan fingerprint density at radius 3 is 2.68 bits per heavy atom. The van der Waals surface area contributed by atoms with Gasteiger partial charge in [-0.15, -0.1) is 0 Å². The van der Waals surface area contributed by atoms with Crippen LogP contribution in [0.4, 0.5) is 0 Å². The molecule has 0 amide bonds. The van der Waals surface area contributed by atoms with E-state index in [1.54, 1.807) is 0 Å². The maximum absolute atomic E-state index is 12.6. The van der Waals surface area contributed by atoms with Crippen LogP contribution in [0.1, 0.15) is 39.5 Å². The highest BCUT2D eigenvalue weighted by Gasteiger charge is 2.46. The van der Waals surface area contributed by atoms with Gasteiger partial charge < -0.3 is 14.8 Å². The van der Waals surface area contributed by atoms with Crippen LogP contribution < -0.4 is 5.32 Å². The first-order valence-corrected chi connectivity index (χ1v) is 8.81. The van der Waals surface area contributed by atoms with E-state index < -0.39 is 16.6 Å². The van der Waals surface area contributed by atoms with Crippen LogP contribution >= 0.6 is 0 Å². The summed E-state index contributed by atoms with van der Waals surface area (Å²) in [5.74, 6) is 0.861. The van der Waals surface area contributed by atoms with E-state index >= 15 is 0 Å². The minimum atomic E-state index is -0.811. The monoisotopic (exact) mass is 289 g/mol. The number of ether oxygens (including phenoxy) is 2. The maximum Gasteiger partial charge on any atom is 0.169 e. The summed E-state index contributed by atoms with van der Waals surface area (Å²) in [5, 5.41) is 3.47. The van der Waals surface area contributed by atoms with Crippen LogP contribution in [0.5, 0.6) is 0 Å². The van der Waals surface area contributed by atoms with Gasteiger partial charge in [-0.1, -0.05) is 20.3 Å². The molecule has 4 nitrogen and oxygen atoms in total. The van der Waals surface area contributed by atoms with Crippen molar-refractivity contribution in [1.29, 1.82) is 0 Å². The Morgan fingerprint density at radius 2 is 2.11 bits per heavy atom. The third-order valence-corrected chi connectivity index (χ3v) is 6.53. The fourth-order valence-corrected chi connectivity index (χ4v) is 5.12. The van der Waals surface area contributed by atoms with Crippen LogP contribution in [0.3, 0.4) is 0 Å². The van der Waals surface area contributed by atoms with E-state index in [-0.39, 0.29) is 5.25 Å². The van der Waals surface area contributed by atoms with Gasteiger partial charge >= 0.3 is 0 Å². The standard InChI is InChI=1S/C14H27NO3S/c1-4-11(2)10-19(16)13-9-14(17-7-8-18-14)6-5-12(13)15-3/h11-13,15H,4-10H2,1-3H3. The zero-order valence-corrected chi connectivity index (χ0v) is 13.1. The molecular formula is C14H27NO3S. The van der Waals surface area contributed by atoms with Crippen molar-refractivity contribution in [2.24, 2.45) is 5.92 Å². The van der Waals surface area contributed by atoms with Gasteiger partial charge in [-0.25, -0.2) is 0 Å². The van der Waals surface area contributed by atoms with E-state index in [0.29, 0.717) is 25.2 Å². The lowest BCUT2D eigenvalue weighted by atomic mass is 9.89. The molecule has 0 aromatic carbocycles. The minimum Gasteiger partial charge on any atom is -0.347 e. The van der Waals surface area contributed by atoms with E-state index in [2.05, 4.69) is 19.2 Å². The Hall–Kier alpha value is 0.0300. The van der Waals surface area contributed by atoms with Gasteiger partial charge in [0.25, 0.3) is 0 Å². The van der Waals surface area contributed by atoms with Gasteiger partial charge in [-0.2, -0.15) is 0 Å². The lowest BCUT2D eigenvalue weighted by Crippen LogP contribution is -2.52. The van der Waals surface area contributed by atoms with E-state index in [0.717, 1.165) is 31.4 Å². The molecule has 4 unspecified atom stereocenters. The van der Waals surface area contributed by atoms with Gasteiger partial charge in [0.15, 0.2) is 5.79 Å². The molecule has 0 bridgehead atoms. The summed E-state index contributed by atoms with van der Waals surface area (Å²) in [6, 6.07) is 0.323. The van der Waals surface area contributed by atoms with Gasteiger partial charge in [0.05, 0.1) is 18.5 Å². The lowest BCUT2D eigenvalue weighted by Gasteiger charge is -2.40. The summed E-state index contributed by atoms with van der Waals surface area (Å²) in [6.45, 7) is 5.68. The molecule has 0 radical (unpaired) electrons. The van der Waals surface area contributed by atoms with Crippen molar-refractivity contribution in [1.82, 2.24) is 5.32 Å². The largest absolute Gasteiger partial charge is 0.347 e. The molecule has 19 heavy (non-hydrogen) atoms. The van der Waals surface area contributed by atoms with Crippen molar-refractivity contribution in [3.63, 3.8) is 0 Å². The van der Waals surface area contributed by atoms with E-state index in [1.165, 1.54) is 0 Å². The normalized spacial score (nSPS) is 33.4. The highest BCUT2D eigenvalue weighted by molar-refractivity contribution is 7.85. The number of rotatable bonds is 5. The van der Waals surface area contributed by atoms with E-state index in [4.69, 9.17) is 9.47 Å². The van der Waals surface area contributed by atoms with E-state index in [9.17, 15) is 4.21 Å². The van der Waals surface area contributed by atoms with Crippen molar-refractivity contribution in [3.05, 3.63) is 0 Å². The summed E-state index contributed by atoms with van der Waals surface area (Å²) < 4.78 is 24.2. The SMILES string of the molecule is CCC(C)CS(=O)C1CC2(CCC1NC)OCCO2. The molecule has 0 aromatic rings. The summed E-state index contributed by atoms with van der Waals surface area (Å²) in [7, 11) is 1.15. The average Bonchev–Trinajstić information content (AvgIpc) is 2.86. The molecule has 1 N–H and O–H groups in total. The molecule has 1 saturated carbocycles. The van der Waals surface area contributed by atoms with Gasteiger partial charge in [-0.05, 0) is 19.4 Å². The molecular weight excluding hydrogens is 262 g/mol. The molecule has 2 fully saturated rings. The average molecular weight is 289 g/mol. The molecule has 1 heterocycles. The summed E-state index contributed by atoms with van der Waals surface area (Å²) in [6.07, 6.45) is 3.74. The van der Waals surface area contributed by atoms with Crippen LogP contribution in [0.2, 0.25) is 0 Å². The molecule has 2 rings (SSSR count). The molecule has 0 aromatic heterocycles. The van der Waals surface area contributed by atoms with Crippen molar-refractivity contribution >= 4 is 10.8 Å². The third kappa shape index (κ3) is 3.57. The number of nitrogens with one attached hydrogen (secondary N) is 1. The molecule has 112 valence electrons. The Balaban J connectivity index is 2.03. The zero-order valence-electron chi connectivity index (χ0n) is 12.3. The minimum absolute atomic E-state index is 0.144. The predicted octanol–water partition coefficient (Wildman–Crippen LogP) is 1.66. The van der Waals surface area contributed by atoms with Gasteiger partial charge in [-0.3, -0.25) is 4.21 Å².